The molecule has 0 aliphatic heterocycles. The van der Waals surface area contributed by atoms with E-state index in [2.05, 4.69) is 10.3 Å². The molecule has 0 amide bonds. The fourth-order valence-electron chi connectivity index (χ4n) is 1.64. The average Bonchev–Trinajstić information content (AvgIpc) is 2.77. The lowest BCUT2D eigenvalue weighted by atomic mass is 10.2. The zero-order chi connectivity index (χ0) is 13.0. The van der Waals surface area contributed by atoms with Gasteiger partial charge in [0.1, 0.15) is 5.75 Å². The second kappa shape index (κ2) is 6.07. The van der Waals surface area contributed by atoms with E-state index in [9.17, 15) is 0 Å². The summed E-state index contributed by atoms with van der Waals surface area (Å²) in [4.78, 5) is 5.54. The number of rotatable bonds is 5. The Morgan fingerprint density at radius 2 is 2.28 bits per heavy atom. The molecular formula is C13H15ClN2OS. The third-order valence-corrected chi connectivity index (χ3v) is 4.01. The summed E-state index contributed by atoms with van der Waals surface area (Å²) >= 11 is 7.81. The van der Waals surface area contributed by atoms with Gasteiger partial charge in [0.25, 0.3) is 0 Å². The van der Waals surface area contributed by atoms with E-state index in [0.29, 0.717) is 5.02 Å². The largest absolute Gasteiger partial charge is 0.497 e. The minimum Gasteiger partial charge on any atom is -0.497 e. The van der Waals surface area contributed by atoms with Gasteiger partial charge in [-0.1, -0.05) is 11.6 Å². The lowest BCUT2D eigenvalue weighted by molar-refractivity contribution is 0.415. The molecule has 0 aliphatic rings. The molecular weight excluding hydrogens is 268 g/mol. The summed E-state index contributed by atoms with van der Waals surface area (Å²) in [7, 11) is 1.65. The van der Waals surface area contributed by atoms with Crippen LogP contribution < -0.4 is 10.1 Å². The molecule has 18 heavy (non-hydrogen) atoms. The van der Waals surface area contributed by atoms with E-state index in [1.807, 2.05) is 30.6 Å². The summed E-state index contributed by atoms with van der Waals surface area (Å²) in [6.07, 6.45) is 0.948. The number of benzene rings is 1. The molecule has 0 saturated carbocycles. The summed E-state index contributed by atoms with van der Waals surface area (Å²) in [6.45, 7) is 2.86. The second-order valence-corrected chi connectivity index (χ2v) is 5.23. The Morgan fingerprint density at radius 3 is 2.94 bits per heavy atom. The zero-order valence-electron chi connectivity index (χ0n) is 10.4. The number of halogens is 1. The number of thiazole rings is 1. The molecule has 0 spiro atoms. The Balaban J connectivity index is 1.96. The van der Waals surface area contributed by atoms with Gasteiger partial charge in [-0.15, -0.1) is 11.3 Å². The Bertz CT molecular complexity index is 527. The van der Waals surface area contributed by atoms with Gasteiger partial charge in [-0.2, -0.15) is 0 Å². The number of nitrogens with zero attached hydrogens (tertiary/aromatic N) is 1. The van der Waals surface area contributed by atoms with Crippen LogP contribution in [0, 0.1) is 6.92 Å². The maximum absolute atomic E-state index is 6.12. The number of anilines is 1. The monoisotopic (exact) mass is 282 g/mol. The molecule has 0 aliphatic carbocycles. The molecule has 5 heteroatoms. The molecule has 2 rings (SSSR count). The van der Waals surface area contributed by atoms with Crippen LogP contribution in [-0.4, -0.2) is 18.6 Å². The van der Waals surface area contributed by atoms with Gasteiger partial charge in [-0.05, 0) is 19.1 Å². The molecule has 1 aromatic carbocycles. The molecule has 0 bridgehead atoms. The van der Waals surface area contributed by atoms with E-state index in [0.717, 1.165) is 30.1 Å². The number of nitrogens with one attached hydrogen (secondary N) is 1. The normalized spacial score (nSPS) is 10.4. The Labute approximate surface area is 116 Å². The van der Waals surface area contributed by atoms with Crippen LogP contribution >= 0.6 is 22.9 Å². The van der Waals surface area contributed by atoms with Crippen LogP contribution in [0.25, 0.3) is 0 Å². The minimum absolute atomic E-state index is 0.705. The summed E-state index contributed by atoms with van der Waals surface area (Å²) < 4.78 is 5.17. The second-order valence-electron chi connectivity index (χ2n) is 3.88. The summed E-state index contributed by atoms with van der Waals surface area (Å²) in [5.41, 5.74) is 3.89. The highest BCUT2D eigenvalue weighted by Gasteiger charge is 2.04. The number of ether oxygens (including phenoxy) is 1. The first-order chi connectivity index (χ1) is 8.70. The van der Waals surface area contributed by atoms with Gasteiger partial charge in [-0.25, -0.2) is 4.98 Å². The van der Waals surface area contributed by atoms with Crippen molar-refractivity contribution in [3.8, 4) is 5.75 Å². The number of aryl methyl sites for hydroxylation is 1. The zero-order valence-corrected chi connectivity index (χ0v) is 11.9. The van der Waals surface area contributed by atoms with Crippen molar-refractivity contribution in [1.29, 1.82) is 0 Å². The van der Waals surface area contributed by atoms with Crippen molar-refractivity contribution in [1.82, 2.24) is 4.98 Å². The molecule has 96 valence electrons. The van der Waals surface area contributed by atoms with Crippen molar-refractivity contribution < 1.29 is 4.74 Å². The summed E-state index contributed by atoms with van der Waals surface area (Å²) in [5.74, 6) is 0.802. The number of methoxy groups -OCH3 is 1. The Hall–Kier alpha value is -1.26. The first-order valence-corrected chi connectivity index (χ1v) is 6.93. The first kappa shape index (κ1) is 13.2. The predicted octanol–water partition coefficient (Wildman–Crippen LogP) is 3.77. The minimum atomic E-state index is 0.705. The molecule has 1 heterocycles. The third-order valence-electron chi connectivity index (χ3n) is 2.69. The lowest BCUT2D eigenvalue weighted by Crippen LogP contribution is -2.05. The molecule has 1 aromatic heterocycles. The van der Waals surface area contributed by atoms with Crippen molar-refractivity contribution in [3.63, 3.8) is 0 Å². The van der Waals surface area contributed by atoms with Gasteiger partial charge < -0.3 is 10.1 Å². The molecule has 0 atom stereocenters. The number of aromatic nitrogens is 1. The van der Waals surface area contributed by atoms with Crippen molar-refractivity contribution in [2.24, 2.45) is 0 Å². The highest BCUT2D eigenvalue weighted by atomic mass is 35.5. The highest BCUT2D eigenvalue weighted by molar-refractivity contribution is 7.09. The van der Waals surface area contributed by atoms with Gasteiger partial charge in [0.15, 0.2) is 0 Å². The predicted molar refractivity (Wildman–Crippen MR) is 77.0 cm³/mol. The smallest absolute Gasteiger partial charge is 0.121 e. The van der Waals surface area contributed by atoms with E-state index in [1.54, 1.807) is 18.4 Å². The lowest BCUT2D eigenvalue weighted by Gasteiger charge is -2.09. The molecule has 2 aromatic rings. The van der Waals surface area contributed by atoms with Gasteiger partial charge in [-0.3, -0.25) is 0 Å². The molecule has 0 radical (unpaired) electrons. The van der Waals surface area contributed by atoms with E-state index < -0.39 is 0 Å². The van der Waals surface area contributed by atoms with Crippen molar-refractivity contribution >= 4 is 28.6 Å². The van der Waals surface area contributed by atoms with Gasteiger partial charge in [0.2, 0.25) is 0 Å². The molecule has 3 nitrogen and oxygen atoms in total. The Morgan fingerprint density at radius 1 is 1.44 bits per heavy atom. The van der Waals surface area contributed by atoms with Crippen LogP contribution in [0.4, 0.5) is 5.69 Å². The van der Waals surface area contributed by atoms with Crippen LogP contribution in [0.15, 0.2) is 23.7 Å². The standard InChI is InChI=1S/C13H15ClN2OS/c1-9-13(18-8-16-9)5-6-15-12-7-10(17-2)3-4-11(12)14/h3-4,7-8,15H,5-6H2,1-2H3. The highest BCUT2D eigenvalue weighted by Crippen LogP contribution is 2.26. The molecule has 0 saturated heterocycles. The SMILES string of the molecule is COc1ccc(Cl)c(NCCc2scnc2C)c1. The quantitative estimate of drug-likeness (QED) is 0.906. The van der Waals surface area contributed by atoms with Crippen molar-refractivity contribution in [2.75, 3.05) is 19.0 Å². The summed E-state index contributed by atoms with van der Waals surface area (Å²) in [6, 6.07) is 5.59. The van der Waals surface area contributed by atoms with E-state index >= 15 is 0 Å². The third kappa shape index (κ3) is 3.15. The van der Waals surface area contributed by atoms with Crippen LogP contribution in [0.2, 0.25) is 5.02 Å². The molecule has 0 unspecified atom stereocenters. The van der Waals surface area contributed by atoms with Gasteiger partial charge in [0, 0.05) is 23.9 Å². The van der Waals surface area contributed by atoms with Crippen LogP contribution in [-0.2, 0) is 6.42 Å². The molecule has 1 N–H and O–H groups in total. The number of hydrogen-bond donors (Lipinski definition) is 1. The van der Waals surface area contributed by atoms with Crippen LogP contribution in [0.1, 0.15) is 10.6 Å². The average molecular weight is 283 g/mol. The van der Waals surface area contributed by atoms with E-state index in [4.69, 9.17) is 16.3 Å². The van der Waals surface area contributed by atoms with Crippen molar-refractivity contribution in [2.45, 2.75) is 13.3 Å². The number of hydrogen-bond acceptors (Lipinski definition) is 4. The topological polar surface area (TPSA) is 34.1 Å². The fraction of sp³-hybridized carbons (Fsp3) is 0.308. The van der Waals surface area contributed by atoms with Gasteiger partial charge in [0.05, 0.1) is 29.0 Å². The van der Waals surface area contributed by atoms with Crippen LogP contribution in [0.5, 0.6) is 5.75 Å². The fourth-order valence-corrected chi connectivity index (χ4v) is 2.61. The Kier molecular flexibility index (Phi) is 4.44. The van der Waals surface area contributed by atoms with E-state index in [1.165, 1.54) is 4.88 Å². The first-order valence-electron chi connectivity index (χ1n) is 5.67. The van der Waals surface area contributed by atoms with E-state index in [-0.39, 0.29) is 0 Å². The van der Waals surface area contributed by atoms with Gasteiger partial charge >= 0.3 is 0 Å². The maximum atomic E-state index is 6.12. The summed E-state index contributed by atoms with van der Waals surface area (Å²) in [5, 5.41) is 4.03. The van der Waals surface area contributed by atoms with Crippen molar-refractivity contribution in [3.05, 3.63) is 39.3 Å². The molecule has 0 fully saturated rings. The maximum Gasteiger partial charge on any atom is 0.121 e. The van der Waals surface area contributed by atoms with Crippen LogP contribution in [0.3, 0.4) is 0 Å².